The van der Waals surface area contributed by atoms with Gasteiger partial charge in [0.15, 0.2) is 0 Å². The minimum Gasteiger partial charge on any atom is -0.334 e. The van der Waals surface area contributed by atoms with Gasteiger partial charge in [0, 0.05) is 5.56 Å². The zero-order valence-electron chi connectivity index (χ0n) is 22.2. The van der Waals surface area contributed by atoms with Crippen molar-refractivity contribution in [3.63, 3.8) is 0 Å². The number of aromatic nitrogens is 2. The Labute approximate surface area is 236 Å². The van der Waals surface area contributed by atoms with Crippen molar-refractivity contribution < 1.29 is 4.79 Å². The molecule has 0 fully saturated rings. The second-order valence-corrected chi connectivity index (χ2v) is 9.87. The van der Waals surface area contributed by atoms with Gasteiger partial charge in [-0.15, -0.1) is 0 Å². The number of carbonyl (C=O) groups is 1. The molecule has 0 spiro atoms. The summed E-state index contributed by atoms with van der Waals surface area (Å²) in [5.41, 5.74) is 2.21. The predicted molar refractivity (Wildman–Crippen MR) is 161 cm³/mol. The summed E-state index contributed by atoms with van der Waals surface area (Å²) in [6.07, 6.45) is 0. The molecule has 5 aromatic carbocycles. The first-order valence-electron chi connectivity index (χ1n) is 13.4. The molecule has 0 saturated heterocycles. The molecule has 200 valence electrons. The summed E-state index contributed by atoms with van der Waals surface area (Å²) in [6, 6.07) is 43.6. The number of rotatable bonds is 7. The van der Waals surface area contributed by atoms with Crippen LogP contribution in [-0.4, -0.2) is 15.5 Å². The van der Waals surface area contributed by atoms with Crippen LogP contribution in [0.1, 0.15) is 32.6 Å². The first-order chi connectivity index (χ1) is 20.1. The van der Waals surface area contributed by atoms with Gasteiger partial charge in [-0.1, -0.05) is 121 Å². The van der Waals surface area contributed by atoms with E-state index in [9.17, 15) is 14.4 Å². The van der Waals surface area contributed by atoms with Gasteiger partial charge >= 0.3 is 5.69 Å². The summed E-state index contributed by atoms with van der Waals surface area (Å²) >= 11 is 0. The molecule has 0 bridgehead atoms. The molecule has 1 heterocycles. The highest BCUT2D eigenvalue weighted by Crippen LogP contribution is 2.37. The number of nitrogens with zero attached hydrogens (tertiary/aromatic N) is 1. The third-order valence-corrected chi connectivity index (χ3v) is 7.35. The lowest BCUT2D eigenvalue weighted by atomic mass is 9.77. The molecule has 6 rings (SSSR count). The largest absolute Gasteiger partial charge is 0.334 e. The molecule has 0 aliphatic rings. The molecule has 2 N–H and O–H groups in total. The SMILES string of the molecule is O=C(NC(c1ccccc1)(c1ccccc1)c1ccccc1)c1ccc2c(=O)n(Cc3ccccc3)c(=O)[nH]c2c1. The molecular weight excluding hydrogens is 510 g/mol. The molecule has 6 nitrogen and oxygen atoms in total. The van der Waals surface area contributed by atoms with E-state index in [2.05, 4.69) is 10.3 Å². The lowest BCUT2D eigenvalue weighted by Gasteiger charge is -2.37. The van der Waals surface area contributed by atoms with Gasteiger partial charge in [0.1, 0.15) is 5.54 Å². The number of fused-ring (bicyclic) bond motifs is 1. The van der Waals surface area contributed by atoms with Gasteiger partial charge in [-0.25, -0.2) is 4.79 Å². The summed E-state index contributed by atoms with van der Waals surface area (Å²) in [7, 11) is 0. The third-order valence-electron chi connectivity index (χ3n) is 7.35. The van der Waals surface area contributed by atoms with Crippen LogP contribution in [0.5, 0.6) is 0 Å². The van der Waals surface area contributed by atoms with Crippen molar-refractivity contribution in [3.05, 3.63) is 188 Å². The van der Waals surface area contributed by atoms with E-state index < -0.39 is 16.8 Å². The topological polar surface area (TPSA) is 84.0 Å². The Morgan fingerprint density at radius 1 is 0.659 bits per heavy atom. The molecule has 0 aliphatic heterocycles. The van der Waals surface area contributed by atoms with Gasteiger partial charge in [-0.2, -0.15) is 0 Å². The van der Waals surface area contributed by atoms with Crippen molar-refractivity contribution in [1.82, 2.24) is 14.9 Å². The number of amides is 1. The summed E-state index contributed by atoms with van der Waals surface area (Å²) in [4.78, 5) is 43.0. The number of nitrogens with one attached hydrogen (secondary N) is 2. The van der Waals surface area contributed by atoms with E-state index in [-0.39, 0.29) is 12.5 Å². The quantitative estimate of drug-likeness (QED) is 0.265. The van der Waals surface area contributed by atoms with E-state index in [1.807, 2.05) is 121 Å². The number of H-pyrrole nitrogens is 1. The Morgan fingerprint density at radius 2 is 1.15 bits per heavy atom. The van der Waals surface area contributed by atoms with Crippen LogP contribution in [-0.2, 0) is 12.1 Å². The van der Waals surface area contributed by atoms with Crippen LogP contribution in [0.25, 0.3) is 10.9 Å². The molecule has 6 aromatic rings. The first-order valence-corrected chi connectivity index (χ1v) is 13.4. The maximum absolute atomic E-state index is 14.0. The van der Waals surface area contributed by atoms with E-state index in [1.165, 1.54) is 4.57 Å². The van der Waals surface area contributed by atoms with Gasteiger partial charge in [-0.05, 0) is 40.5 Å². The molecular formula is C35H27N3O3. The molecule has 0 atom stereocenters. The normalized spacial score (nSPS) is 11.3. The molecule has 0 unspecified atom stereocenters. The van der Waals surface area contributed by atoms with Crippen molar-refractivity contribution in [2.45, 2.75) is 12.1 Å². The van der Waals surface area contributed by atoms with Gasteiger partial charge in [0.2, 0.25) is 0 Å². The molecule has 0 radical (unpaired) electrons. The van der Waals surface area contributed by atoms with Crippen LogP contribution >= 0.6 is 0 Å². The number of aromatic amines is 1. The fraction of sp³-hybridized carbons (Fsp3) is 0.0571. The van der Waals surface area contributed by atoms with Crippen molar-refractivity contribution in [2.75, 3.05) is 0 Å². The minimum absolute atomic E-state index is 0.154. The Bertz CT molecular complexity index is 1840. The maximum Gasteiger partial charge on any atom is 0.329 e. The Morgan fingerprint density at radius 3 is 1.66 bits per heavy atom. The molecule has 41 heavy (non-hydrogen) atoms. The van der Waals surface area contributed by atoms with Crippen molar-refractivity contribution in [1.29, 1.82) is 0 Å². The van der Waals surface area contributed by atoms with Gasteiger partial charge in [-0.3, -0.25) is 14.2 Å². The lowest BCUT2D eigenvalue weighted by Crippen LogP contribution is -2.47. The highest BCUT2D eigenvalue weighted by molar-refractivity contribution is 5.98. The number of hydrogen-bond donors (Lipinski definition) is 2. The van der Waals surface area contributed by atoms with Gasteiger partial charge in [0.25, 0.3) is 11.5 Å². The second-order valence-electron chi connectivity index (χ2n) is 9.87. The summed E-state index contributed by atoms with van der Waals surface area (Å²) in [6.45, 7) is 0.154. The van der Waals surface area contributed by atoms with Gasteiger partial charge < -0.3 is 10.3 Å². The van der Waals surface area contributed by atoms with E-state index in [4.69, 9.17) is 0 Å². The van der Waals surface area contributed by atoms with E-state index in [0.717, 1.165) is 22.3 Å². The summed E-state index contributed by atoms with van der Waals surface area (Å²) in [5.74, 6) is -0.349. The van der Waals surface area contributed by atoms with Crippen LogP contribution < -0.4 is 16.6 Å². The minimum atomic E-state index is -0.998. The van der Waals surface area contributed by atoms with E-state index in [0.29, 0.717) is 16.5 Å². The fourth-order valence-corrected chi connectivity index (χ4v) is 5.33. The Balaban J connectivity index is 1.44. The zero-order chi connectivity index (χ0) is 28.2. The Kier molecular flexibility index (Phi) is 6.88. The summed E-state index contributed by atoms with van der Waals surface area (Å²) < 4.78 is 1.17. The number of carbonyl (C=O) groups excluding carboxylic acids is 1. The molecule has 0 aliphatic carbocycles. The highest BCUT2D eigenvalue weighted by Gasteiger charge is 2.38. The zero-order valence-corrected chi connectivity index (χ0v) is 22.2. The monoisotopic (exact) mass is 537 g/mol. The van der Waals surface area contributed by atoms with E-state index >= 15 is 0 Å². The van der Waals surface area contributed by atoms with Crippen LogP contribution in [0.15, 0.2) is 149 Å². The fourth-order valence-electron chi connectivity index (χ4n) is 5.33. The van der Waals surface area contributed by atoms with Crippen LogP contribution in [0.3, 0.4) is 0 Å². The second kappa shape index (κ2) is 10.9. The average Bonchev–Trinajstić information content (AvgIpc) is 3.03. The Hall–Kier alpha value is -5.49. The van der Waals surface area contributed by atoms with Gasteiger partial charge in [0.05, 0.1) is 17.4 Å². The van der Waals surface area contributed by atoms with Crippen molar-refractivity contribution >= 4 is 16.8 Å². The maximum atomic E-state index is 14.0. The highest BCUT2D eigenvalue weighted by atomic mass is 16.2. The smallest absolute Gasteiger partial charge is 0.329 e. The van der Waals surface area contributed by atoms with E-state index in [1.54, 1.807) is 18.2 Å². The number of hydrogen-bond acceptors (Lipinski definition) is 3. The van der Waals surface area contributed by atoms with Crippen molar-refractivity contribution in [2.24, 2.45) is 0 Å². The predicted octanol–water partition coefficient (Wildman–Crippen LogP) is 5.46. The van der Waals surface area contributed by atoms with Crippen molar-refractivity contribution in [3.8, 4) is 0 Å². The van der Waals surface area contributed by atoms with Crippen LogP contribution in [0.2, 0.25) is 0 Å². The van der Waals surface area contributed by atoms with Crippen LogP contribution in [0.4, 0.5) is 0 Å². The standard InChI is InChI=1S/C35H27N3O3/c39-32(26-21-22-30-31(23-26)36-34(41)38(33(30)40)24-25-13-5-1-6-14-25)37-35(27-15-7-2-8-16-27,28-17-9-3-10-18-28)29-19-11-4-12-20-29/h1-23H,24H2,(H,36,41)(H,37,39). The summed E-state index contributed by atoms with van der Waals surface area (Å²) in [5, 5.41) is 3.65. The third kappa shape index (κ3) is 4.87. The molecule has 1 aromatic heterocycles. The average molecular weight is 538 g/mol. The first kappa shape index (κ1) is 25.8. The molecule has 6 heteroatoms. The van der Waals surface area contributed by atoms with Crippen LogP contribution in [0, 0.1) is 0 Å². The number of benzene rings is 5. The molecule has 1 amide bonds. The lowest BCUT2D eigenvalue weighted by molar-refractivity contribution is 0.0925. The molecule has 0 saturated carbocycles.